The highest BCUT2D eigenvalue weighted by Gasteiger charge is 2.21. The molecule has 0 atom stereocenters. The molecule has 57 heavy (non-hydrogen) atoms. The molecule has 0 bridgehead atoms. The summed E-state index contributed by atoms with van der Waals surface area (Å²) in [5.74, 6) is 0. The van der Waals surface area contributed by atoms with Gasteiger partial charge in [0.25, 0.3) is 0 Å². The Morgan fingerprint density at radius 2 is 0.719 bits per heavy atom. The molecule has 10 rings (SSSR count). The van der Waals surface area contributed by atoms with Crippen molar-refractivity contribution in [1.29, 1.82) is 0 Å². The maximum atomic E-state index is 6.32. The van der Waals surface area contributed by atoms with Gasteiger partial charge in [0.05, 0.1) is 16.8 Å². The van der Waals surface area contributed by atoms with Crippen molar-refractivity contribution < 1.29 is 4.42 Å². The van der Waals surface area contributed by atoms with E-state index in [9.17, 15) is 0 Å². The zero-order valence-corrected chi connectivity index (χ0v) is 31.2. The molecule has 0 N–H and O–H groups in total. The van der Waals surface area contributed by atoms with E-state index in [-0.39, 0.29) is 0 Å². The predicted octanol–water partition coefficient (Wildman–Crippen LogP) is 15.5. The van der Waals surface area contributed by atoms with Crippen LogP contribution in [0.15, 0.2) is 235 Å². The molecule has 0 aliphatic carbocycles. The maximum absolute atomic E-state index is 6.32. The van der Waals surface area contributed by atoms with Crippen molar-refractivity contribution in [3.8, 4) is 33.4 Å². The number of furan rings is 1. The molecule has 9 aromatic carbocycles. The zero-order valence-electron chi connectivity index (χ0n) is 31.2. The molecule has 0 aliphatic rings. The average Bonchev–Trinajstić information content (AvgIpc) is 3.68. The van der Waals surface area contributed by atoms with Crippen LogP contribution in [0.2, 0.25) is 0 Å². The van der Waals surface area contributed by atoms with Gasteiger partial charge in [-0.25, -0.2) is 0 Å². The number of hydrogen-bond acceptors (Lipinski definition) is 3. The van der Waals surface area contributed by atoms with Crippen molar-refractivity contribution in [2.75, 3.05) is 9.80 Å². The average molecular weight is 731 g/mol. The van der Waals surface area contributed by atoms with Crippen LogP contribution in [-0.2, 0) is 0 Å². The zero-order chi connectivity index (χ0) is 38.0. The molecule has 1 aromatic heterocycles. The minimum absolute atomic E-state index is 0.872. The van der Waals surface area contributed by atoms with Crippen LogP contribution in [0.1, 0.15) is 0 Å². The van der Waals surface area contributed by atoms with Crippen molar-refractivity contribution in [3.63, 3.8) is 0 Å². The minimum atomic E-state index is 0.872. The lowest BCUT2D eigenvalue weighted by molar-refractivity contribution is 0.669. The van der Waals surface area contributed by atoms with E-state index in [0.29, 0.717) is 0 Å². The van der Waals surface area contributed by atoms with E-state index in [2.05, 4.69) is 228 Å². The fourth-order valence-electron chi connectivity index (χ4n) is 7.95. The van der Waals surface area contributed by atoms with Crippen LogP contribution in [0.5, 0.6) is 0 Å². The van der Waals surface area contributed by atoms with Crippen LogP contribution in [0.25, 0.3) is 55.3 Å². The van der Waals surface area contributed by atoms with E-state index in [1.165, 1.54) is 11.1 Å². The fraction of sp³-hybridized carbons (Fsp3) is 0. The first kappa shape index (κ1) is 33.9. The summed E-state index contributed by atoms with van der Waals surface area (Å²) in [6.45, 7) is 0. The molecule has 0 saturated carbocycles. The molecule has 0 spiro atoms. The predicted molar refractivity (Wildman–Crippen MR) is 239 cm³/mol. The van der Waals surface area contributed by atoms with Crippen LogP contribution >= 0.6 is 0 Å². The third-order valence-electron chi connectivity index (χ3n) is 10.7. The molecule has 10 aromatic rings. The van der Waals surface area contributed by atoms with Gasteiger partial charge in [-0.3, -0.25) is 0 Å². The third kappa shape index (κ3) is 6.52. The van der Waals surface area contributed by atoms with Gasteiger partial charge >= 0.3 is 0 Å². The number of fused-ring (bicyclic) bond motifs is 3. The second kappa shape index (κ2) is 14.9. The first-order chi connectivity index (χ1) is 28.3. The number of anilines is 6. The summed E-state index contributed by atoms with van der Waals surface area (Å²) in [5.41, 5.74) is 15.3. The topological polar surface area (TPSA) is 19.6 Å². The van der Waals surface area contributed by atoms with Crippen molar-refractivity contribution in [2.45, 2.75) is 0 Å². The van der Waals surface area contributed by atoms with Crippen molar-refractivity contribution >= 4 is 56.1 Å². The van der Waals surface area contributed by atoms with Crippen molar-refractivity contribution in [3.05, 3.63) is 231 Å². The molecule has 0 unspecified atom stereocenters. The Balaban J connectivity index is 1.07. The van der Waals surface area contributed by atoms with E-state index in [0.717, 1.165) is 78.3 Å². The normalized spacial score (nSPS) is 11.2. The number of nitrogens with zero attached hydrogens (tertiary/aromatic N) is 2. The summed E-state index contributed by atoms with van der Waals surface area (Å²) in [6.07, 6.45) is 0. The van der Waals surface area contributed by atoms with E-state index in [1.54, 1.807) is 0 Å². The first-order valence-corrected chi connectivity index (χ1v) is 19.3. The van der Waals surface area contributed by atoms with Crippen LogP contribution in [0, 0.1) is 0 Å². The van der Waals surface area contributed by atoms with Gasteiger partial charge < -0.3 is 14.2 Å². The lowest BCUT2D eigenvalue weighted by Crippen LogP contribution is -2.11. The third-order valence-corrected chi connectivity index (χ3v) is 10.7. The summed E-state index contributed by atoms with van der Waals surface area (Å²) >= 11 is 0. The molecule has 1 heterocycles. The summed E-state index contributed by atoms with van der Waals surface area (Å²) in [5, 5.41) is 2.20. The van der Waals surface area contributed by atoms with Gasteiger partial charge in [0.2, 0.25) is 0 Å². The molecule has 0 amide bonds. The number of benzene rings is 9. The van der Waals surface area contributed by atoms with Crippen LogP contribution < -0.4 is 9.80 Å². The van der Waals surface area contributed by atoms with Gasteiger partial charge in [0.1, 0.15) is 11.2 Å². The molecular weight excluding hydrogens is 693 g/mol. The van der Waals surface area contributed by atoms with Crippen LogP contribution in [-0.4, -0.2) is 0 Å². The van der Waals surface area contributed by atoms with Gasteiger partial charge in [0.15, 0.2) is 0 Å². The summed E-state index contributed by atoms with van der Waals surface area (Å²) < 4.78 is 6.32. The Kier molecular flexibility index (Phi) is 8.86. The van der Waals surface area contributed by atoms with Gasteiger partial charge in [-0.15, -0.1) is 0 Å². The molecule has 0 fully saturated rings. The van der Waals surface area contributed by atoms with Gasteiger partial charge in [-0.05, 0) is 107 Å². The second-order valence-corrected chi connectivity index (χ2v) is 14.1. The SMILES string of the molecule is c1ccc(-c2ccc(N(c3ccccc3)c3ccc(-c4ccc(N(c5ccccc5)c5cccc6oc7ccccc7c56)cc4)cc3-c3ccccc3)cc2)cc1. The van der Waals surface area contributed by atoms with Crippen molar-refractivity contribution in [2.24, 2.45) is 0 Å². The lowest BCUT2D eigenvalue weighted by atomic mass is 9.95. The van der Waals surface area contributed by atoms with E-state index in [4.69, 9.17) is 4.42 Å². The first-order valence-electron chi connectivity index (χ1n) is 19.3. The van der Waals surface area contributed by atoms with Gasteiger partial charge in [0, 0.05) is 33.7 Å². The molecule has 3 heteroatoms. The summed E-state index contributed by atoms with van der Waals surface area (Å²) in [4.78, 5) is 4.69. The highest BCUT2D eigenvalue weighted by molar-refractivity contribution is 6.13. The van der Waals surface area contributed by atoms with E-state index < -0.39 is 0 Å². The van der Waals surface area contributed by atoms with E-state index in [1.807, 2.05) is 12.1 Å². The Morgan fingerprint density at radius 1 is 0.281 bits per heavy atom. The quantitative estimate of drug-likeness (QED) is 0.147. The highest BCUT2D eigenvalue weighted by atomic mass is 16.3. The van der Waals surface area contributed by atoms with Crippen LogP contribution in [0.3, 0.4) is 0 Å². The minimum Gasteiger partial charge on any atom is -0.456 e. The van der Waals surface area contributed by atoms with Gasteiger partial charge in [-0.2, -0.15) is 0 Å². The van der Waals surface area contributed by atoms with E-state index >= 15 is 0 Å². The van der Waals surface area contributed by atoms with Crippen molar-refractivity contribution in [1.82, 2.24) is 0 Å². The second-order valence-electron chi connectivity index (χ2n) is 14.1. The highest BCUT2D eigenvalue weighted by Crippen LogP contribution is 2.45. The standard InChI is InChI=1S/C54H38N2O/c1-5-16-39(17-6-1)40-28-33-46(34-29-40)55(44-20-9-3-10-21-44)50-37-32-43(38-49(50)42-18-7-2-8-19-42)41-30-35-47(36-31-41)56(45-22-11-4-12-23-45)51-25-15-27-53-54(51)48-24-13-14-26-52(48)57-53/h1-38H. The Morgan fingerprint density at radius 3 is 1.33 bits per heavy atom. The number of rotatable bonds is 9. The number of para-hydroxylation sites is 3. The molecule has 0 radical (unpaired) electrons. The van der Waals surface area contributed by atoms with Crippen LogP contribution in [0.4, 0.5) is 34.1 Å². The Hall–Kier alpha value is -7.62. The fourth-order valence-corrected chi connectivity index (χ4v) is 7.95. The largest absolute Gasteiger partial charge is 0.456 e. The molecule has 0 aliphatic heterocycles. The molecular formula is C54H38N2O. The molecule has 270 valence electrons. The maximum Gasteiger partial charge on any atom is 0.137 e. The molecule has 0 saturated heterocycles. The lowest BCUT2D eigenvalue weighted by Gasteiger charge is -2.28. The molecule has 3 nitrogen and oxygen atoms in total. The Labute approximate surface area is 333 Å². The van der Waals surface area contributed by atoms with Gasteiger partial charge in [-0.1, -0.05) is 152 Å². The number of hydrogen-bond donors (Lipinski definition) is 0. The monoisotopic (exact) mass is 730 g/mol. The Bertz CT molecular complexity index is 2920. The smallest absolute Gasteiger partial charge is 0.137 e. The summed E-state index contributed by atoms with van der Waals surface area (Å²) in [7, 11) is 0. The summed E-state index contributed by atoms with van der Waals surface area (Å²) in [6, 6.07) is 81.7.